The van der Waals surface area contributed by atoms with Crippen LogP contribution in [0.2, 0.25) is 0 Å². The number of aliphatic carboxylic acids is 1. The van der Waals surface area contributed by atoms with Crippen LogP contribution in [0.25, 0.3) is 6.08 Å². The van der Waals surface area contributed by atoms with Gasteiger partial charge in [0.1, 0.15) is 11.5 Å². The Morgan fingerprint density at radius 3 is 2.75 bits per heavy atom. The molecule has 2 aromatic rings. The first-order chi connectivity index (χ1) is 16.9. The number of unbranched alkanes of at least 4 members (excludes halogenated alkanes) is 3. The van der Waals surface area contributed by atoms with Gasteiger partial charge in [0.05, 0.1) is 12.3 Å². The van der Waals surface area contributed by atoms with Crippen LogP contribution in [-0.4, -0.2) is 69.6 Å². The number of carboxylic acid groups (broad SMARTS) is 1. The van der Waals surface area contributed by atoms with Gasteiger partial charge in [-0.1, -0.05) is 51.3 Å². The molecule has 0 fully saturated rings. The minimum absolute atomic E-state index is 0. The molecule has 0 aliphatic carbocycles. The fourth-order valence-electron chi connectivity index (χ4n) is 4.16. The van der Waals surface area contributed by atoms with Crippen LogP contribution in [0.1, 0.15) is 80.5 Å². The second-order valence-corrected chi connectivity index (χ2v) is 8.77. The quantitative estimate of drug-likeness (QED) is 0.248. The summed E-state index contributed by atoms with van der Waals surface area (Å²) in [6, 6.07) is 4.48. The van der Waals surface area contributed by atoms with Crippen LogP contribution in [0.15, 0.2) is 40.8 Å². The molecule has 1 amide bonds. The summed E-state index contributed by atoms with van der Waals surface area (Å²) >= 11 is 0. The van der Waals surface area contributed by atoms with Crippen molar-refractivity contribution < 1.29 is 23.8 Å². The summed E-state index contributed by atoms with van der Waals surface area (Å²) in [7, 11) is 0. The van der Waals surface area contributed by atoms with Gasteiger partial charge in [0, 0.05) is 13.0 Å². The van der Waals surface area contributed by atoms with Crippen molar-refractivity contribution in [2.45, 2.75) is 71.8 Å². The number of ether oxygens (including phenoxy) is 1. The number of hydrogen-bond acceptors (Lipinski definition) is 5. The van der Waals surface area contributed by atoms with Crippen LogP contribution in [-0.2, 0) is 22.4 Å². The van der Waals surface area contributed by atoms with E-state index in [1.807, 2.05) is 37.3 Å². The van der Waals surface area contributed by atoms with Gasteiger partial charge >= 0.3 is 35.5 Å². The number of carbonyl (C=O) groups is 2. The number of amides is 1. The van der Waals surface area contributed by atoms with Crippen LogP contribution < -0.4 is 4.74 Å². The molecule has 1 aliphatic rings. The molecule has 1 atom stereocenters. The summed E-state index contributed by atoms with van der Waals surface area (Å²) in [5.74, 6) is 0.628. The third-order valence-electron chi connectivity index (χ3n) is 6.08. The van der Waals surface area contributed by atoms with Crippen LogP contribution in [0.3, 0.4) is 0 Å². The molecule has 3 rings (SSSR count). The fraction of sp³-hybridized carbons (Fsp3) is 0.464. The van der Waals surface area contributed by atoms with Crippen molar-refractivity contribution in [3.8, 4) is 5.75 Å². The van der Waals surface area contributed by atoms with E-state index >= 15 is 0 Å². The Morgan fingerprint density at radius 2 is 2.03 bits per heavy atom. The molecule has 0 radical (unpaired) electrons. The molecule has 0 saturated carbocycles. The number of benzene rings is 1. The SMILES string of the molecule is CCCC=Cc1nc(CCOc2ccc3c(c2)C(C(=O)O)N(C(=O)C=CCCCC)CC3)c(C)o1.[NaH]. The Labute approximate surface area is 235 Å². The summed E-state index contributed by atoms with van der Waals surface area (Å²) < 4.78 is 11.6. The topological polar surface area (TPSA) is 92.9 Å². The molecular weight excluding hydrogens is 467 g/mol. The summed E-state index contributed by atoms with van der Waals surface area (Å²) in [6.45, 7) is 6.85. The van der Waals surface area contributed by atoms with Crippen molar-refractivity contribution in [1.82, 2.24) is 9.88 Å². The van der Waals surface area contributed by atoms with E-state index in [9.17, 15) is 14.7 Å². The number of nitrogens with zero attached hydrogens (tertiary/aromatic N) is 2. The third kappa shape index (κ3) is 8.08. The van der Waals surface area contributed by atoms with Crippen molar-refractivity contribution in [3.63, 3.8) is 0 Å². The Kier molecular flexibility index (Phi) is 12.5. The second-order valence-electron chi connectivity index (χ2n) is 8.77. The fourth-order valence-corrected chi connectivity index (χ4v) is 4.16. The maximum absolute atomic E-state index is 12.7. The van der Waals surface area contributed by atoms with E-state index < -0.39 is 12.0 Å². The number of fused-ring (bicyclic) bond motifs is 1. The van der Waals surface area contributed by atoms with E-state index in [1.165, 1.54) is 11.0 Å². The molecule has 0 spiro atoms. The molecule has 0 bridgehead atoms. The average molecular weight is 505 g/mol. The Hall–Kier alpha value is -2.35. The van der Waals surface area contributed by atoms with Crippen LogP contribution >= 0.6 is 0 Å². The molecule has 0 saturated heterocycles. The van der Waals surface area contributed by atoms with Gasteiger partial charge in [-0.25, -0.2) is 9.78 Å². The van der Waals surface area contributed by atoms with Crippen LogP contribution in [0, 0.1) is 6.92 Å². The van der Waals surface area contributed by atoms with Crippen molar-refractivity contribution in [2.75, 3.05) is 13.2 Å². The zero-order valence-corrected chi connectivity index (χ0v) is 21.0. The van der Waals surface area contributed by atoms with Gasteiger partial charge in [-0.15, -0.1) is 0 Å². The number of allylic oxidation sites excluding steroid dienone is 2. The molecule has 1 aliphatic heterocycles. The second kappa shape index (κ2) is 15.0. The van der Waals surface area contributed by atoms with E-state index in [0.717, 1.165) is 49.1 Å². The number of oxazole rings is 1. The third-order valence-corrected chi connectivity index (χ3v) is 6.08. The number of carboxylic acids is 1. The molecule has 1 aromatic carbocycles. The number of rotatable bonds is 12. The summed E-state index contributed by atoms with van der Waals surface area (Å²) in [6.07, 6.45) is 13.4. The minimum atomic E-state index is -1.04. The van der Waals surface area contributed by atoms with Gasteiger partial charge < -0.3 is 19.2 Å². The van der Waals surface area contributed by atoms with E-state index in [0.29, 0.717) is 43.2 Å². The number of carbonyl (C=O) groups excluding carboxylic acids is 1. The van der Waals surface area contributed by atoms with Crippen molar-refractivity contribution in [2.24, 2.45) is 0 Å². The van der Waals surface area contributed by atoms with Gasteiger partial charge in [0.2, 0.25) is 11.8 Å². The van der Waals surface area contributed by atoms with Crippen molar-refractivity contribution in [3.05, 3.63) is 64.9 Å². The summed E-state index contributed by atoms with van der Waals surface area (Å²) in [4.78, 5) is 30.9. The van der Waals surface area contributed by atoms with E-state index in [2.05, 4.69) is 18.8 Å². The van der Waals surface area contributed by atoms with Crippen molar-refractivity contribution in [1.29, 1.82) is 0 Å². The van der Waals surface area contributed by atoms with Gasteiger partial charge in [0.25, 0.3) is 0 Å². The average Bonchev–Trinajstić information content (AvgIpc) is 3.19. The predicted molar refractivity (Wildman–Crippen MR) is 142 cm³/mol. The van der Waals surface area contributed by atoms with Gasteiger partial charge in [-0.2, -0.15) is 0 Å². The van der Waals surface area contributed by atoms with E-state index in [-0.39, 0.29) is 35.5 Å². The predicted octanol–water partition coefficient (Wildman–Crippen LogP) is 5.03. The Balaban J connectivity index is 0.00000456. The van der Waals surface area contributed by atoms with Crippen molar-refractivity contribution >= 4 is 47.5 Å². The zero-order chi connectivity index (χ0) is 25.2. The number of aromatic nitrogens is 1. The Morgan fingerprint density at radius 1 is 1.22 bits per heavy atom. The summed E-state index contributed by atoms with van der Waals surface area (Å²) in [5, 5.41) is 9.96. The molecule has 1 aromatic heterocycles. The Bertz CT molecular complexity index is 1080. The molecule has 36 heavy (non-hydrogen) atoms. The van der Waals surface area contributed by atoms with Crippen LogP contribution in [0.5, 0.6) is 5.75 Å². The first-order valence-electron chi connectivity index (χ1n) is 12.5. The van der Waals surface area contributed by atoms with Crippen LogP contribution in [0.4, 0.5) is 0 Å². The van der Waals surface area contributed by atoms with Gasteiger partial charge in [-0.05, 0) is 61.6 Å². The first-order valence-corrected chi connectivity index (χ1v) is 12.5. The van der Waals surface area contributed by atoms with Gasteiger partial charge in [-0.3, -0.25) is 4.79 Å². The van der Waals surface area contributed by atoms with E-state index in [1.54, 1.807) is 6.07 Å². The molecule has 7 nitrogen and oxygen atoms in total. The molecule has 8 heteroatoms. The molecular formula is C28H37N2NaO5. The van der Waals surface area contributed by atoms with Gasteiger partial charge in [0.15, 0.2) is 6.04 Å². The normalized spacial score (nSPS) is 15.2. The number of hydrogen-bond donors (Lipinski definition) is 1. The first kappa shape index (κ1) is 29.9. The standard InChI is InChI=1S/C28H36N2O5.Na.H/c1-4-6-8-10-12-26(31)30-17-15-21-13-14-22(19-23(21)27(30)28(32)33)34-18-16-24-20(3)35-25(29-24)11-9-7-5-2;;/h9-14,19,27H,4-8,15-18H2,1-3H3,(H,32,33);;. The number of aryl methyl sites for hydroxylation is 1. The molecule has 1 unspecified atom stereocenters. The monoisotopic (exact) mass is 504 g/mol. The van der Waals surface area contributed by atoms with E-state index in [4.69, 9.17) is 9.15 Å². The zero-order valence-electron chi connectivity index (χ0n) is 21.0. The molecule has 1 N–H and O–H groups in total. The molecule has 2 heterocycles. The molecule has 190 valence electrons. The maximum atomic E-state index is 12.7. The summed E-state index contributed by atoms with van der Waals surface area (Å²) in [5.41, 5.74) is 2.38.